The van der Waals surface area contributed by atoms with Gasteiger partial charge in [0.1, 0.15) is 10.8 Å². The Labute approximate surface area is 145 Å². The Bertz CT molecular complexity index is 679. The van der Waals surface area contributed by atoms with Crippen molar-refractivity contribution in [1.29, 1.82) is 0 Å². The Kier molecular flexibility index (Phi) is 6.81. The molecule has 2 aromatic rings. The molecule has 0 fully saturated rings. The van der Waals surface area contributed by atoms with Crippen LogP contribution in [0, 0.1) is 0 Å². The summed E-state index contributed by atoms with van der Waals surface area (Å²) in [6.07, 6.45) is 2.07. The van der Waals surface area contributed by atoms with Gasteiger partial charge in [0.15, 0.2) is 0 Å². The first-order valence-corrected chi connectivity index (χ1v) is 8.82. The van der Waals surface area contributed by atoms with Gasteiger partial charge in [-0.15, -0.1) is 11.3 Å². The summed E-state index contributed by atoms with van der Waals surface area (Å²) in [5.41, 5.74) is 0.871. The second-order valence-electron chi connectivity index (χ2n) is 5.06. The number of esters is 1. The van der Waals surface area contributed by atoms with Gasteiger partial charge >= 0.3 is 5.97 Å². The number of benzene rings is 1. The Morgan fingerprint density at radius 1 is 1.12 bits per heavy atom. The lowest BCUT2D eigenvalue weighted by atomic mass is 10.2. The zero-order valence-electron chi connectivity index (χ0n) is 13.8. The number of unbranched alkanes of at least 4 members (excludes halogenated alkanes) is 1. The van der Waals surface area contributed by atoms with E-state index in [0.717, 1.165) is 18.6 Å². The number of nitrogens with one attached hydrogen (secondary N) is 1. The van der Waals surface area contributed by atoms with Crippen molar-refractivity contribution in [3.05, 3.63) is 46.8 Å². The SMILES string of the molecule is CCCCOc1ccc(C(=O)Nc2sccc2C(=O)OCC)cc1. The van der Waals surface area contributed by atoms with Gasteiger partial charge in [0.25, 0.3) is 5.91 Å². The van der Waals surface area contributed by atoms with Gasteiger partial charge in [-0.2, -0.15) is 0 Å². The van der Waals surface area contributed by atoms with Crippen molar-refractivity contribution in [2.75, 3.05) is 18.5 Å². The van der Waals surface area contributed by atoms with Crippen molar-refractivity contribution in [3.63, 3.8) is 0 Å². The molecule has 6 heteroatoms. The van der Waals surface area contributed by atoms with Crippen molar-refractivity contribution < 1.29 is 19.1 Å². The molecular weight excluding hydrogens is 326 g/mol. The van der Waals surface area contributed by atoms with Crippen LogP contribution in [-0.4, -0.2) is 25.1 Å². The molecule has 0 spiro atoms. The number of hydrogen-bond acceptors (Lipinski definition) is 5. The molecule has 5 nitrogen and oxygen atoms in total. The van der Waals surface area contributed by atoms with Gasteiger partial charge in [0.2, 0.25) is 0 Å². The molecule has 128 valence electrons. The highest BCUT2D eigenvalue weighted by atomic mass is 32.1. The van der Waals surface area contributed by atoms with Crippen LogP contribution in [0.15, 0.2) is 35.7 Å². The normalized spacial score (nSPS) is 10.2. The van der Waals surface area contributed by atoms with Gasteiger partial charge in [-0.3, -0.25) is 4.79 Å². The summed E-state index contributed by atoms with van der Waals surface area (Å²) in [6.45, 7) is 4.81. The number of hydrogen-bond donors (Lipinski definition) is 1. The Hall–Kier alpha value is -2.34. The smallest absolute Gasteiger partial charge is 0.341 e. The fourth-order valence-corrected chi connectivity index (χ4v) is 2.76. The van der Waals surface area contributed by atoms with E-state index in [-0.39, 0.29) is 5.91 Å². The van der Waals surface area contributed by atoms with Crippen molar-refractivity contribution in [2.24, 2.45) is 0 Å². The molecule has 0 aliphatic carbocycles. The van der Waals surface area contributed by atoms with E-state index in [1.165, 1.54) is 11.3 Å². The average Bonchev–Trinajstić information content (AvgIpc) is 3.04. The lowest BCUT2D eigenvalue weighted by Gasteiger charge is -2.08. The van der Waals surface area contributed by atoms with E-state index >= 15 is 0 Å². The molecule has 0 unspecified atom stereocenters. The first-order chi connectivity index (χ1) is 11.7. The quantitative estimate of drug-likeness (QED) is 0.569. The van der Waals surface area contributed by atoms with Crippen LogP contribution in [0.3, 0.4) is 0 Å². The van der Waals surface area contributed by atoms with E-state index in [1.54, 1.807) is 42.6 Å². The predicted molar refractivity (Wildman–Crippen MR) is 95.1 cm³/mol. The fourth-order valence-electron chi connectivity index (χ4n) is 1.99. The van der Waals surface area contributed by atoms with Crippen LogP contribution in [0.2, 0.25) is 0 Å². The first-order valence-electron chi connectivity index (χ1n) is 7.94. The van der Waals surface area contributed by atoms with Crippen molar-refractivity contribution in [2.45, 2.75) is 26.7 Å². The van der Waals surface area contributed by atoms with Crippen molar-refractivity contribution in [1.82, 2.24) is 0 Å². The van der Waals surface area contributed by atoms with Gasteiger partial charge in [-0.05, 0) is 49.1 Å². The Morgan fingerprint density at radius 2 is 1.88 bits per heavy atom. The van der Waals surface area contributed by atoms with Crippen LogP contribution in [0.5, 0.6) is 5.75 Å². The maximum atomic E-state index is 12.3. The van der Waals surface area contributed by atoms with Crippen molar-refractivity contribution in [3.8, 4) is 5.75 Å². The molecule has 0 atom stereocenters. The molecule has 1 N–H and O–H groups in total. The first kappa shape index (κ1) is 18.0. The lowest BCUT2D eigenvalue weighted by molar-refractivity contribution is 0.0528. The van der Waals surface area contributed by atoms with Gasteiger partial charge in [0, 0.05) is 5.56 Å². The average molecular weight is 347 g/mol. The molecule has 24 heavy (non-hydrogen) atoms. The third kappa shape index (κ3) is 4.83. The molecule has 1 aromatic heterocycles. The number of ether oxygens (including phenoxy) is 2. The van der Waals surface area contributed by atoms with Crippen LogP contribution in [0.4, 0.5) is 5.00 Å². The van der Waals surface area contributed by atoms with Crippen LogP contribution < -0.4 is 10.1 Å². The van der Waals surface area contributed by atoms with Crippen LogP contribution in [0.25, 0.3) is 0 Å². The molecule has 0 saturated heterocycles. The third-order valence-electron chi connectivity index (χ3n) is 3.27. The van der Waals surface area contributed by atoms with Gasteiger partial charge < -0.3 is 14.8 Å². The second-order valence-corrected chi connectivity index (χ2v) is 5.98. The zero-order valence-corrected chi connectivity index (χ0v) is 14.7. The summed E-state index contributed by atoms with van der Waals surface area (Å²) in [5, 5.41) is 4.99. The van der Waals surface area contributed by atoms with Crippen LogP contribution in [-0.2, 0) is 4.74 Å². The number of thiophene rings is 1. The highest BCUT2D eigenvalue weighted by Gasteiger charge is 2.16. The Balaban J connectivity index is 2.00. The molecule has 0 radical (unpaired) electrons. The summed E-state index contributed by atoms with van der Waals surface area (Å²) in [6, 6.07) is 8.59. The minimum Gasteiger partial charge on any atom is -0.494 e. The molecule has 1 heterocycles. The number of carbonyl (C=O) groups excluding carboxylic acids is 2. The molecule has 1 amide bonds. The van der Waals surface area contributed by atoms with E-state index in [0.29, 0.717) is 29.3 Å². The molecule has 0 aliphatic rings. The maximum absolute atomic E-state index is 12.3. The minimum atomic E-state index is -0.436. The molecule has 2 rings (SSSR count). The number of amides is 1. The van der Waals surface area contributed by atoms with Gasteiger partial charge in [-0.25, -0.2) is 4.79 Å². The summed E-state index contributed by atoms with van der Waals surface area (Å²) < 4.78 is 10.6. The topological polar surface area (TPSA) is 64.6 Å². The number of rotatable bonds is 8. The van der Waals surface area contributed by atoms with Gasteiger partial charge in [0.05, 0.1) is 18.8 Å². The molecule has 0 bridgehead atoms. The summed E-state index contributed by atoms with van der Waals surface area (Å²) >= 11 is 1.29. The zero-order chi connectivity index (χ0) is 17.4. The number of anilines is 1. The van der Waals surface area contributed by atoms with Crippen molar-refractivity contribution >= 4 is 28.2 Å². The molecule has 0 saturated carbocycles. The minimum absolute atomic E-state index is 0.275. The van der Waals surface area contributed by atoms with E-state index in [1.807, 2.05) is 0 Å². The number of carbonyl (C=O) groups is 2. The predicted octanol–water partition coefficient (Wildman–Crippen LogP) is 4.36. The fraction of sp³-hybridized carbons (Fsp3) is 0.333. The van der Waals surface area contributed by atoms with E-state index < -0.39 is 5.97 Å². The molecule has 1 aromatic carbocycles. The largest absolute Gasteiger partial charge is 0.494 e. The third-order valence-corrected chi connectivity index (χ3v) is 4.10. The highest BCUT2D eigenvalue weighted by Crippen LogP contribution is 2.25. The van der Waals surface area contributed by atoms with E-state index in [4.69, 9.17) is 9.47 Å². The molecule has 0 aliphatic heterocycles. The van der Waals surface area contributed by atoms with Crippen LogP contribution >= 0.6 is 11.3 Å². The maximum Gasteiger partial charge on any atom is 0.341 e. The highest BCUT2D eigenvalue weighted by molar-refractivity contribution is 7.14. The van der Waals surface area contributed by atoms with Crippen LogP contribution in [0.1, 0.15) is 47.4 Å². The van der Waals surface area contributed by atoms with Gasteiger partial charge in [-0.1, -0.05) is 13.3 Å². The second kappa shape index (κ2) is 9.08. The lowest BCUT2D eigenvalue weighted by Crippen LogP contribution is -2.14. The summed E-state index contributed by atoms with van der Waals surface area (Å²) in [7, 11) is 0. The standard InChI is InChI=1S/C18H21NO4S/c1-3-5-11-23-14-8-6-13(7-9-14)16(20)19-17-15(10-12-24-17)18(21)22-4-2/h6-10,12H,3-5,11H2,1-2H3,(H,19,20). The monoisotopic (exact) mass is 347 g/mol. The van der Waals surface area contributed by atoms with E-state index in [9.17, 15) is 9.59 Å². The summed E-state index contributed by atoms with van der Waals surface area (Å²) in [4.78, 5) is 24.2. The molecular formula is C18H21NO4S. The summed E-state index contributed by atoms with van der Waals surface area (Å²) in [5.74, 6) is 0.0279. The van der Waals surface area contributed by atoms with E-state index in [2.05, 4.69) is 12.2 Å². The Morgan fingerprint density at radius 3 is 2.54 bits per heavy atom.